The van der Waals surface area contributed by atoms with Crippen molar-refractivity contribution in [1.29, 1.82) is 0 Å². The predicted molar refractivity (Wildman–Crippen MR) is 62.0 cm³/mol. The minimum absolute atomic E-state index is 0.321. The summed E-state index contributed by atoms with van der Waals surface area (Å²) in [5, 5.41) is 3.70. The van der Waals surface area contributed by atoms with E-state index in [1.165, 1.54) is 11.3 Å². The van der Waals surface area contributed by atoms with E-state index in [0.717, 1.165) is 5.56 Å². The van der Waals surface area contributed by atoms with E-state index in [-0.39, 0.29) is 12.1 Å². The average Bonchev–Trinajstić information content (AvgIpc) is 2.65. The number of carbonyl (C=O) groups is 1. The van der Waals surface area contributed by atoms with Gasteiger partial charge in [-0.25, -0.2) is 4.79 Å². The van der Waals surface area contributed by atoms with Gasteiger partial charge in [0.05, 0.1) is 18.8 Å². The van der Waals surface area contributed by atoms with Gasteiger partial charge in [-0.15, -0.1) is 0 Å². The molecule has 0 saturated heterocycles. The van der Waals surface area contributed by atoms with Gasteiger partial charge in [-0.2, -0.15) is 11.3 Å². The molecular weight excluding hydrogens is 228 g/mol. The molecule has 0 saturated carbocycles. The van der Waals surface area contributed by atoms with Gasteiger partial charge in [0.25, 0.3) is 0 Å². The first-order valence-corrected chi connectivity index (χ1v) is 5.85. The van der Waals surface area contributed by atoms with Crippen molar-refractivity contribution >= 4 is 17.3 Å². The average molecular weight is 244 g/mol. The Hall–Kier alpha value is -0.910. The molecule has 0 bridgehead atoms. The summed E-state index contributed by atoms with van der Waals surface area (Å²) in [6, 6.07) is 0. The quantitative estimate of drug-likeness (QED) is 0.717. The molecule has 0 aromatic carbocycles. The molecule has 0 aliphatic heterocycles. The van der Waals surface area contributed by atoms with Crippen molar-refractivity contribution in [2.24, 2.45) is 0 Å². The predicted octanol–water partition coefficient (Wildman–Crippen LogP) is 1.87. The van der Waals surface area contributed by atoms with Crippen LogP contribution in [0.1, 0.15) is 15.9 Å². The van der Waals surface area contributed by atoms with Crippen LogP contribution >= 0.6 is 11.3 Å². The van der Waals surface area contributed by atoms with Crippen LogP contribution < -0.4 is 0 Å². The zero-order chi connectivity index (χ0) is 12.0. The molecule has 0 fully saturated rings. The lowest BCUT2D eigenvalue weighted by atomic mass is 10.2. The summed E-state index contributed by atoms with van der Waals surface area (Å²) in [7, 11) is 3.12. The number of hydrogen-bond donors (Lipinski definition) is 0. The Morgan fingerprint density at radius 1 is 1.31 bits per heavy atom. The summed E-state index contributed by atoms with van der Waals surface area (Å²) >= 11 is 1.48. The fourth-order valence-corrected chi connectivity index (χ4v) is 2.09. The van der Waals surface area contributed by atoms with Crippen LogP contribution in [0.4, 0.5) is 0 Å². The van der Waals surface area contributed by atoms with Gasteiger partial charge in [0.15, 0.2) is 0 Å². The molecule has 0 aliphatic rings. The fourth-order valence-electron chi connectivity index (χ4n) is 1.27. The molecule has 0 aliphatic carbocycles. The minimum atomic E-state index is -0.359. The molecule has 0 amide bonds. The normalized spacial score (nSPS) is 10.8. The number of ether oxygens (including phenoxy) is 3. The molecule has 0 N–H and O–H groups in total. The van der Waals surface area contributed by atoms with Crippen LogP contribution in [0.15, 0.2) is 10.8 Å². The van der Waals surface area contributed by atoms with Crippen LogP contribution in [0.3, 0.4) is 0 Å². The van der Waals surface area contributed by atoms with E-state index in [2.05, 4.69) is 0 Å². The number of hydrogen-bond acceptors (Lipinski definition) is 5. The Balaban J connectivity index is 2.58. The van der Waals surface area contributed by atoms with Crippen molar-refractivity contribution in [3.63, 3.8) is 0 Å². The first kappa shape index (κ1) is 13.2. The van der Waals surface area contributed by atoms with Gasteiger partial charge in [-0.1, -0.05) is 0 Å². The molecular formula is C11H16O4S. The highest BCUT2D eigenvalue weighted by Gasteiger charge is 2.17. The Labute approximate surface area is 99.1 Å². The molecule has 0 atom stereocenters. The summed E-state index contributed by atoms with van der Waals surface area (Å²) in [5.41, 5.74) is 1.55. The van der Waals surface area contributed by atoms with Crippen LogP contribution in [0.5, 0.6) is 0 Å². The van der Waals surface area contributed by atoms with Crippen molar-refractivity contribution in [3.8, 4) is 0 Å². The van der Waals surface area contributed by atoms with Crippen LogP contribution in [0.2, 0.25) is 0 Å². The molecule has 0 radical (unpaired) electrons. The highest BCUT2D eigenvalue weighted by molar-refractivity contribution is 7.08. The van der Waals surface area contributed by atoms with E-state index in [1.54, 1.807) is 19.6 Å². The van der Waals surface area contributed by atoms with E-state index in [9.17, 15) is 4.79 Å². The summed E-state index contributed by atoms with van der Waals surface area (Å²) in [6.07, 6.45) is -0.359. The largest absolute Gasteiger partial charge is 0.454 e. The molecule has 5 heteroatoms. The summed E-state index contributed by atoms with van der Waals surface area (Å²) in [6.45, 7) is 2.56. The van der Waals surface area contributed by atoms with Gasteiger partial charge in [-0.05, 0) is 17.9 Å². The third kappa shape index (κ3) is 3.59. The molecule has 1 rings (SSSR count). The Morgan fingerprint density at radius 2 is 1.94 bits per heavy atom. The minimum Gasteiger partial charge on any atom is -0.454 e. The molecule has 1 heterocycles. The summed E-state index contributed by atoms with van der Waals surface area (Å²) in [4.78, 5) is 11.8. The zero-order valence-electron chi connectivity index (χ0n) is 9.69. The number of thiophene rings is 1. The highest BCUT2D eigenvalue weighted by Crippen LogP contribution is 2.15. The second-order valence-corrected chi connectivity index (χ2v) is 4.15. The Bertz CT molecular complexity index is 328. The van der Waals surface area contributed by atoms with Crippen molar-refractivity contribution in [1.82, 2.24) is 0 Å². The third-order valence-corrected chi connectivity index (χ3v) is 2.92. The second kappa shape index (κ2) is 6.62. The van der Waals surface area contributed by atoms with Gasteiger partial charge in [0.1, 0.15) is 6.10 Å². The molecule has 90 valence electrons. The van der Waals surface area contributed by atoms with Gasteiger partial charge in [-0.3, -0.25) is 0 Å². The first-order chi connectivity index (χ1) is 7.69. The number of aryl methyl sites for hydroxylation is 1. The summed E-state index contributed by atoms with van der Waals surface area (Å²) < 4.78 is 15.2. The molecule has 16 heavy (non-hydrogen) atoms. The lowest BCUT2D eigenvalue weighted by Gasteiger charge is -2.15. The van der Waals surface area contributed by atoms with Crippen molar-refractivity contribution < 1.29 is 19.0 Å². The number of carbonyl (C=O) groups excluding carboxylic acids is 1. The maximum atomic E-state index is 11.8. The van der Waals surface area contributed by atoms with Gasteiger partial charge in [0, 0.05) is 19.6 Å². The zero-order valence-corrected chi connectivity index (χ0v) is 10.5. The van der Waals surface area contributed by atoms with Crippen LogP contribution in [0, 0.1) is 6.92 Å². The standard InChI is InChI=1S/C11H16O4S/c1-8-6-16-7-10(8)11(12)15-9(4-13-2)5-14-3/h6-7,9H,4-5H2,1-3H3. The topological polar surface area (TPSA) is 44.8 Å². The lowest BCUT2D eigenvalue weighted by molar-refractivity contribution is -0.0223. The van der Waals surface area contributed by atoms with Gasteiger partial charge >= 0.3 is 5.97 Å². The van der Waals surface area contributed by atoms with E-state index in [1.807, 2.05) is 12.3 Å². The van der Waals surface area contributed by atoms with Gasteiger partial charge in [0.2, 0.25) is 0 Å². The van der Waals surface area contributed by atoms with Crippen molar-refractivity contribution in [2.45, 2.75) is 13.0 Å². The maximum absolute atomic E-state index is 11.8. The monoisotopic (exact) mass is 244 g/mol. The molecule has 1 aromatic heterocycles. The van der Waals surface area contributed by atoms with Gasteiger partial charge < -0.3 is 14.2 Å². The lowest BCUT2D eigenvalue weighted by Crippen LogP contribution is -2.27. The van der Waals surface area contributed by atoms with E-state index in [0.29, 0.717) is 18.8 Å². The maximum Gasteiger partial charge on any atom is 0.339 e. The smallest absolute Gasteiger partial charge is 0.339 e. The van der Waals surface area contributed by atoms with E-state index >= 15 is 0 Å². The van der Waals surface area contributed by atoms with Crippen LogP contribution in [-0.4, -0.2) is 39.5 Å². The Kier molecular flexibility index (Phi) is 5.45. The molecule has 0 unspecified atom stereocenters. The fraction of sp³-hybridized carbons (Fsp3) is 0.545. The highest BCUT2D eigenvalue weighted by atomic mass is 32.1. The summed E-state index contributed by atoms with van der Waals surface area (Å²) in [5.74, 6) is -0.321. The van der Waals surface area contributed by atoms with Crippen LogP contribution in [-0.2, 0) is 14.2 Å². The number of rotatable bonds is 6. The van der Waals surface area contributed by atoms with Crippen molar-refractivity contribution in [2.75, 3.05) is 27.4 Å². The number of methoxy groups -OCH3 is 2. The van der Waals surface area contributed by atoms with E-state index in [4.69, 9.17) is 14.2 Å². The van der Waals surface area contributed by atoms with Crippen LogP contribution in [0.25, 0.3) is 0 Å². The second-order valence-electron chi connectivity index (χ2n) is 3.41. The first-order valence-electron chi connectivity index (χ1n) is 4.90. The molecule has 4 nitrogen and oxygen atoms in total. The molecule has 1 aromatic rings. The number of esters is 1. The SMILES string of the molecule is COCC(COC)OC(=O)c1cscc1C. The van der Waals surface area contributed by atoms with E-state index < -0.39 is 0 Å². The molecule has 0 spiro atoms. The van der Waals surface area contributed by atoms with Crippen molar-refractivity contribution in [3.05, 3.63) is 21.9 Å². The Morgan fingerprint density at radius 3 is 2.38 bits per heavy atom. The third-order valence-electron chi connectivity index (χ3n) is 2.05.